The first-order valence-corrected chi connectivity index (χ1v) is 7.86. The highest BCUT2D eigenvalue weighted by atomic mass is 32.1. The fraction of sp³-hybridized carbons (Fsp3) is 0.188. The molecule has 1 aromatic carbocycles. The van der Waals surface area contributed by atoms with E-state index in [9.17, 15) is 9.90 Å². The first kappa shape index (κ1) is 15.4. The minimum absolute atomic E-state index is 0.0918. The molecule has 7 heteroatoms. The van der Waals surface area contributed by atoms with Crippen LogP contribution in [-0.2, 0) is 0 Å². The van der Waals surface area contributed by atoms with Crippen LogP contribution < -0.4 is 5.32 Å². The summed E-state index contributed by atoms with van der Waals surface area (Å²) in [6, 6.07) is 9.01. The second-order valence-corrected chi connectivity index (χ2v) is 5.88. The van der Waals surface area contributed by atoms with Crippen molar-refractivity contribution in [1.29, 1.82) is 0 Å². The van der Waals surface area contributed by atoms with Crippen LogP contribution in [0.4, 0.5) is 5.13 Å². The number of benzene rings is 1. The zero-order valence-corrected chi connectivity index (χ0v) is 13.4. The van der Waals surface area contributed by atoms with E-state index in [4.69, 9.17) is 4.42 Å². The van der Waals surface area contributed by atoms with Crippen molar-refractivity contribution in [3.63, 3.8) is 0 Å². The number of aliphatic hydroxyl groups excluding tert-OH is 1. The van der Waals surface area contributed by atoms with E-state index in [1.165, 1.54) is 11.3 Å². The van der Waals surface area contributed by atoms with E-state index >= 15 is 0 Å². The number of aromatic nitrogens is 2. The summed E-state index contributed by atoms with van der Waals surface area (Å²) in [5.74, 6) is 0.0297. The summed E-state index contributed by atoms with van der Waals surface area (Å²) in [6.07, 6.45) is -1.02. The van der Waals surface area contributed by atoms with Gasteiger partial charge in [-0.25, -0.2) is 9.97 Å². The topological polar surface area (TPSA) is 88.2 Å². The highest BCUT2D eigenvalue weighted by Crippen LogP contribution is 2.24. The largest absolute Gasteiger partial charge is 0.442 e. The molecule has 0 aliphatic rings. The first-order valence-electron chi connectivity index (χ1n) is 6.98. The lowest BCUT2D eigenvalue weighted by Gasteiger charge is -2.05. The van der Waals surface area contributed by atoms with Crippen LogP contribution in [-0.4, -0.2) is 21.0 Å². The van der Waals surface area contributed by atoms with Gasteiger partial charge in [0.15, 0.2) is 16.9 Å². The second kappa shape index (κ2) is 6.31. The third kappa shape index (κ3) is 3.30. The van der Waals surface area contributed by atoms with E-state index in [0.717, 1.165) is 5.69 Å². The van der Waals surface area contributed by atoms with Gasteiger partial charge >= 0.3 is 0 Å². The Morgan fingerprint density at radius 2 is 2.00 bits per heavy atom. The Bertz CT molecular complexity index is 826. The smallest absolute Gasteiger partial charge is 0.279 e. The molecule has 2 N–H and O–H groups in total. The molecule has 0 fully saturated rings. The molecule has 0 radical (unpaired) electrons. The normalized spacial score (nSPS) is 12.1. The molecule has 3 aromatic rings. The monoisotopic (exact) mass is 329 g/mol. The standard InChI is InChI=1S/C16H15N3O3S/c1-9-8-23-16(17-9)19-14(21)12-10(2)22-15(18-12)13(20)11-6-4-3-5-7-11/h3-8,13,20H,1-2H3,(H,17,19,21). The molecule has 0 aliphatic carbocycles. The van der Waals surface area contributed by atoms with Crippen LogP contribution in [0, 0.1) is 13.8 Å². The quantitative estimate of drug-likeness (QED) is 0.768. The van der Waals surface area contributed by atoms with Gasteiger partial charge in [0.2, 0.25) is 5.89 Å². The Morgan fingerprint density at radius 1 is 1.26 bits per heavy atom. The van der Waals surface area contributed by atoms with Crippen molar-refractivity contribution < 1.29 is 14.3 Å². The number of nitrogens with zero attached hydrogens (tertiary/aromatic N) is 2. The van der Waals surface area contributed by atoms with Crippen LogP contribution in [0.3, 0.4) is 0 Å². The van der Waals surface area contributed by atoms with E-state index in [2.05, 4.69) is 15.3 Å². The van der Waals surface area contributed by atoms with E-state index in [1.807, 2.05) is 30.5 Å². The number of rotatable bonds is 4. The summed E-state index contributed by atoms with van der Waals surface area (Å²) >= 11 is 1.34. The van der Waals surface area contributed by atoms with Crippen molar-refractivity contribution in [1.82, 2.24) is 9.97 Å². The SMILES string of the molecule is Cc1csc(NC(=O)c2nc(C(O)c3ccccc3)oc2C)n1. The lowest BCUT2D eigenvalue weighted by Crippen LogP contribution is -2.13. The van der Waals surface area contributed by atoms with Gasteiger partial charge in [-0.15, -0.1) is 11.3 Å². The lowest BCUT2D eigenvalue weighted by molar-refractivity contribution is 0.102. The molecule has 0 saturated carbocycles. The minimum atomic E-state index is -1.02. The van der Waals surface area contributed by atoms with Crippen LogP contribution in [0.25, 0.3) is 0 Å². The van der Waals surface area contributed by atoms with Gasteiger partial charge in [-0.1, -0.05) is 30.3 Å². The Kier molecular flexibility index (Phi) is 4.22. The van der Waals surface area contributed by atoms with Crippen molar-refractivity contribution in [3.05, 3.63) is 64.3 Å². The van der Waals surface area contributed by atoms with Gasteiger partial charge in [-0.3, -0.25) is 10.1 Å². The number of amides is 1. The van der Waals surface area contributed by atoms with Crippen molar-refractivity contribution in [3.8, 4) is 0 Å². The predicted octanol–water partition coefficient (Wildman–Crippen LogP) is 3.08. The number of hydrogen-bond donors (Lipinski definition) is 2. The minimum Gasteiger partial charge on any atom is -0.442 e. The van der Waals surface area contributed by atoms with E-state index in [-0.39, 0.29) is 11.6 Å². The highest BCUT2D eigenvalue weighted by Gasteiger charge is 2.23. The number of nitrogens with one attached hydrogen (secondary N) is 1. The second-order valence-electron chi connectivity index (χ2n) is 5.02. The zero-order valence-electron chi connectivity index (χ0n) is 12.6. The Hall–Kier alpha value is -2.51. The summed E-state index contributed by atoms with van der Waals surface area (Å²) in [6.45, 7) is 3.48. The molecule has 2 aromatic heterocycles. The van der Waals surface area contributed by atoms with Crippen LogP contribution in [0.5, 0.6) is 0 Å². The Morgan fingerprint density at radius 3 is 2.65 bits per heavy atom. The van der Waals surface area contributed by atoms with Crippen molar-refractivity contribution in [2.45, 2.75) is 20.0 Å². The van der Waals surface area contributed by atoms with Crippen molar-refractivity contribution in [2.24, 2.45) is 0 Å². The molecule has 0 bridgehead atoms. The predicted molar refractivity (Wildman–Crippen MR) is 86.5 cm³/mol. The van der Waals surface area contributed by atoms with Gasteiger partial charge in [0, 0.05) is 5.38 Å². The Labute approximate surface area is 136 Å². The maximum Gasteiger partial charge on any atom is 0.279 e. The van der Waals surface area contributed by atoms with Crippen molar-refractivity contribution >= 4 is 22.4 Å². The average Bonchev–Trinajstić information content (AvgIpc) is 3.13. The van der Waals surface area contributed by atoms with Gasteiger partial charge in [0.25, 0.3) is 5.91 Å². The van der Waals surface area contributed by atoms with Crippen LogP contribution in [0.2, 0.25) is 0 Å². The number of oxazole rings is 1. The summed E-state index contributed by atoms with van der Waals surface area (Å²) in [4.78, 5) is 20.6. The summed E-state index contributed by atoms with van der Waals surface area (Å²) < 4.78 is 5.46. The van der Waals surface area contributed by atoms with Gasteiger partial charge in [0.05, 0.1) is 5.69 Å². The fourth-order valence-electron chi connectivity index (χ4n) is 2.09. The van der Waals surface area contributed by atoms with Gasteiger partial charge in [0.1, 0.15) is 5.76 Å². The molecule has 0 aliphatic heterocycles. The number of carbonyl (C=O) groups excluding carboxylic acids is 1. The molecule has 3 rings (SSSR count). The summed E-state index contributed by atoms with van der Waals surface area (Å²) in [7, 11) is 0. The highest BCUT2D eigenvalue weighted by molar-refractivity contribution is 7.13. The third-order valence-corrected chi connectivity index (χ3v) is 4.09. The molecular formula is C16H15N3O3S. The number of thiazole rings is 1. The number of aryl methyl sites for hydroxylation is 2. The molecule has 6 nitrogen and oxygen atoms in total. The van der Waals surface area contributed by atoms with Gasteiger partial charge < -0.3 is 9.52 Å². The molecule has 0 spiro atoms. The van der Waals surface area contributed by atoms with Crippen LogP contribution in [0.15, 0.2) is 40.1 Å². The first-order chi connectivity index (χ1) is 11.0. The Balaban J connectivity index is 1.82. The molecule has 1 amide bonds. The molecule has 1 atom stereocenters. The third-order valence-electron chi connectivity index (χ3n) is 3.22. The molecule has 118 valence electrons. The molecule has 2 heterocycles. The van der Waals surface area contributed by atoms with Gasteiger partial charge in [-0.05, 0) is 19.4 Å². The molecule has 23 heavy (non-hydrogen) atoms. The van der Waals surface area contributed by atoms with Gasteiger partial charge in [-0.2, -0.15) is 0 Å². The van der Waals surface area contributed by atoms with E-state index in [1.54, 1.807) is 19.1 Å². The van der Waals surface area contributed by atoms with E-state index in [0.29, 0.717) is 16.5 Å². The zero-order chi connectivity index (χ0) is 16.4. The molecule has 1 unspecified atom stereocenters. The van der Waals surface area contributed by atoms with Crippen LogP contribution in [0.1, 0.15) is 39.5 Å². The molecular weight excluding hydrogens is 314 g/mol. The lowest BCUT2D eigenvalue weighted by atomic mass is 10.1. The maximum absolute atomic E-state index is 12.3. The van der Waals surface area contributed by atoms with Crippen molar-refractivity contribution in [2.75, 3.05) is 5.32 Å². The number of aliphatic hydroxyl groups is 1. The summed E-state index contributed by atoms with van der Waals surface area (Å²) in [5, 5.41) is 15.3. The summed E-state index contributed by atoms with van der Waals surface area (Å²) in [5.41, 5.74) is 1.63. The maximum atomic E-state index is 12.3. The number of hydrogen-bond acceptors (Lipinski definition) is 6. The number of anilines is 1. The fourth-order valence-corrected chi connectivity index (χ4v) is 2.77. The molecule has 0 saturated heterocycles. The number of carbonyl (C=O) groups is 1. The van der Waals surface area contributed by atoms with E-state index < -0.39 is 12.0 Å². The van der Waals surface area contributed by atoms with Crippen LogP contribution >= 0.6 is 11.3 Å². The average molecular weight is 329 g/mol.